The summed E-state index contributed by atoms with van der Waals surface area (Å²) in [6.07, 6.45) is 1.85. The fraction of sp³-hybridized carbons (Fsp3) is 0.538. The number of hydrogen-bond donors (Lipinski definition) is 1. The maximum absolute atomic E-state index is 12.7. The van der Waals surface area contributed by atoms with E-state index < -0.39 is 0 Å². The Labute approximate surface area is 101 Å². The molecular formula is C13H19FOS. The van der Waals surface area contributed by atoms with E-state index in [9.17, 15) is 9.50 Å². The summed E-state index contributed by atoms with van der Waals surface area (Å²) in [5, 5.41) is 9.26. The summed E-state index contributed by atoms with van der Waals surface area (Å²) in [5.74, 6) is 2.30. The number of halogens is 1. The molecule has 0 saturated heterocycles. The average molecular weight is 242 g/mol. The van der Waals surface area contributed by atoms with E-state index in [-0.39, 0.29) is 12.4 Å². The predicted octanol–water partition coefficient (Wildman–Crippen LogP) is 3.12. The predicted molar refractivity (Wildman–Crippen MR) is 68.3 cm³/mol. The Kier molecular flexibility index (Phi) is 6.50. The summed E-state index contributed by atoms with van der Waals surface area (Å²) < 4.78 is 12.7. The zero-order valence-electron chi connectivity index (χ0n) is 9.66. The van der Waals surface area contributed by atoms with Gasteiger partial charge in [-0.25, -0.2) is 4.39 Å². The molecule has 1 aromatic carbocycles. The van der Waals surface area contributed by atoms with Gasteiger partial charge < -0.3 is 5.11 Å². The third-order valence-electron chi connectivity index (χ3n) is 2.57. The second-order valence-electron chi connectivity index (χ2n) is 3.86. The van der Waals surface area contributed by atoms with Crippen LogP contribution in [0.2, 0.25) is 0 Å². The van der Waals surface area contributed by atoms with Crippen LogP contribution in [0.3, 0.4) is 0 Å². The summed E-state index contributed by atoms with van der Waals surface area (Å²) in [6, 6.07) is 6.55. The third kappa shape index (κ3) is 4.99. The number of aliphatic hydroxyl groups is 1. The summed E-state index contributed by atoms with van der Waals surface area (Å²) in [6.45, 7) is 2.35. The van der Waals surface area contributed by atoms with Crippen LogP contribution in [0.15, 0.2) is 24.3 Å². The van der Waals surface area contributed by atoms with Crippen molar-refractivity contribution in [3.63, 3.8) is 0 Å². The fourth-order valence-electron chi connectivity index (χ4n) is 1.61. The minimum atomic E-state index is -0.203. The van der Waals surface area contributed by atoms with Crippen molar-refractivity contribution >= 4 is 11.8 Å². The van der Waals surface area contributed by atoms with Crippen LogP contribution in [0.1, 0.15) is 18.9 Å². The number of thioether (sulfide) groups is 1. The first-order valence-electron chi connectivity index (χ1n) is 5.69. The summed E-state index contributed by atoms with van der Waals surface area (Å²) >= 11 is 1.89. The van der Waals surface area contributed by atoms with E-state index >= 15 is 0 Å². The molecule has 0 spiro atoms. The summed E-state index contributed by atoms with van der Waals surface area (Å²) in [4.78, 5) is 0. The summed E-state index contributed by atoms with van der Waals surface area (Å²) in [7, 11) is 0. The van der Waals surface area contributed by atoms with E-state index in [0.717, 1.165) is 29.9 Å². The van der Waals surface area contributed by atoms with Gasteiger partial charge in [-0.15, -0.1) is 0 Å². The van der Waals surface area contributed by atoms with Gasteiger partial charge in [-0.1, -0.05) is 19.1 Å². The molecule has 0 amide bonds. The molecule has 1 aromatic rings. The van der Waals surface area contributed by atoms with Crippen LogP contribution in [0.25, 0.3) is 0 Å². The molecular weight excluding hydrogens is 223 g/mol. The molecule has 0 saturated carbocycles. The molecule has 1 N–H and O–H groups in total. The van der Waals surface area contributed by atoms with Crippen molar-refractivity contribution in [2.45, 2.75) is 19.8 Å². The van der Waals surface area contributed by atoms with Crippen LogP contribution in [0.4, 0.5) is 4.39 Å². The van der Waals surface area contributed by atoms with Crippen molar-refractivity contribution in [1.29, 1.82) is 0 Å². The van der Waals surface area contributed by atoms with Crippen molar-refractivity contribution in [3.05, 3.63) is 35.6 Å². The average Bonchev–Trinajstić information content (AvgIpc) is 2.31. The Morgan fingerprint density at radius 1 is 1.31 bits per heavy atom. The first-order valence-corrected chi connectivity index (χ1v) is 6.84. The van der Waals surface area contributed by atoms with Gasteiger partial charge in [0, 0.05) is 6.61 Å². The zero-order valence-corrected chi connectivity index (χ0v) is 10.5. The highest BCUT2D eigenvalue weighted by molar-refractivity contribution is 7.99. The van der Waals surface area contributed by atoms with Gasteiger partial charge in [-0.05, 0) is 48.0 Å². The molecule has 1 nitrogen and oxygen atoms in total. The van der Waals surface area contributed by atoms with E-state index in [1.165, 1.54) is 12.1 Å². The Hall–Kier alpha value is -0.540. The van der Waals surface area contributed by atoms with Crippen molar-refractivity contribution < 1.29 is 9.50 Å². The standard InChI is InChI=1S/C13H19FOS/c1-2-16-8-7-12(10-15)9-11-3-5-13(14)6-4-11/h3-6,12,15H,2,7-10H2,1H3. The maximum Gasteiger partial charge on any atom is 0.123 e. The normalized spacial score (nSPS) is 12.7. The van der Waals surface area contributed by atoms with Gasteiger partial charge in [0.1, 0.15) is 5.82 Å². The van der Waals surface area contributed by atoms with Crippen LogP contribution < -0.4 is 0 Å². The molecule has 1 unspecified atom stereocenters. The molecule has 0 aromatic heterocycles. The van der Waals surface area contributed by atoms with Crippen molar-refractivity contribution in [1.82, 2.24) is 0 Å². The molecule has 0 fully saturated rings. The summed E-state index contributed by atoms with van der Waals surface area (Å²) in [5.41, 5.74) is 1.10. The van der Waals surface area contributed by atoms with Gasteiger partial charge in [0.2, 0.25) is 0 Å². The lowest BCUT2D eigenvalue weighted by Gasteiger charge is -2.13. The Morgan fingerprint density at radius 2 is 2.00 bits per heavy atom. The van der Waals surface area contributed by atoms with E-state index in [1.807, 2.05) is 11.8 Å². The van der Waals surface area contributed by atoms with Gasteiger partial charge in [0.05, 0.1) is 0 Å². The van der Waals surface area contributed by atoms with Gasteiger partial charge >= 0.3 is 0 Å². The van der Waals surface area contributed by atoms with Crippen molar-refractivity contribution in [2.75, 3.05) is 18.1 Å². The highest BCUT2D eigenvalue weighted by Crippen LogP contribution is 2.15. The maximum atomic E-state index is 12.7. The fourth-order valence-corrected chi connectivity index (χ4v) is 2.39. The van der Waals surface area contributed by atoms with Crippen molar-refractivity contribution in [3.8, 4) is 0 Å². The lowest BCUT2D eigenvalue weighted by atomic mass is 9.98. The second-order valence-corrected chi connectivity index (χ2v) is 5.26. The topological polar surface area (TPSA) is 20.2 Å². The Bertz CT molecular complexity index is 286. The molecule has 0 aliphatic carbocycles. The highest BCUT2D eigenvalue weighted by atomic mass is 32.2. The van der Waals surface area contributed by atoms with E-state index in [0.29, 0.717) is 5.92 Å². The van der Waals surface area contributed by atoms with Crippen molar-refractivity contribution in [2.24, 2.45) is 5.92 Å². The molecule has 16 heavy (non-hydrogen) atoms. The highest BCUT2D eigenvalue weighted by Gasteiger charge is 2.08. The molecule has 0 bridgehead atoms. The number of rotatable bonds is 7. The SMILES string of the molecule is CCSCCC(CO)Cc1ccc(F)cc1. The third-order valence-corrected chi connectivity index (χ3v) is 3.50. The Morgan fingerprint density at radius 3 is 2.56 bits per heavy atom. The lowest BCUT2D eigenvalue weighted by Crippen LogP contribution is -2.10. The first kappa shape index (κ1) is 13.5. The van der Waals surface area contributed by atoms with Crippen LogP contribution in [-0.2, 0) is 6.42 Å². The molecule has 0 aliphatic rings. The van der Waals surface area contributed by atoms with E-state index in [4.69, 9.17) is 0 Å². The second kappa shape index (κ2) is 7.69. The van der Waals surface area contributed by atoms with Crippen LogP contribution in [0.5, 0.6) is 0 Å². The molecule has 1 atom stereocenters. The van der Waals surface area contributed by atoms with Gasteiger partial charge in [0.25, 0.3) is 0 Å². The van der Waals surface area contributed by atoms with E-state index in [2.05, 4.69) is 6.92 Å². The van der Waals surface area contributed by atoms with E-state index in [1.54, 1.807) is 12.1 Å². The number of aliphatic hydroxyl groups excluding tert-OH is 1. The lowest BCUT2D eigenvalue weighted by molar-refractivity contribution is 0.223. The molecule has 3 heteroatoms. The van der Waals surface area contributed by atoms with Gasteiger partial charge in [0.15, 0.2) is 0 Å². The zero-order chi connectivity index (χ0) is 11.8. The van der Waals surface area contributed by atoms with Gasteiger partial charge in [-0.2, -0.15) is 11.8 Å². The van der Waals surface area contributed by atoms with Crippen LogP contribution in [-0.4, -0.2) is 23.2 Å². The largest absolute Gasteiger partial charge is 0.396 e. The van der Waals surface area contributed by atoms with Crippen LogP contribution >= 0.6 is 11.8 Å². The molecule has 0 radical (unpaired) electrons. The Balaban J connectivity index is 2.40. The quantitative estimate of drug-likeness (QED) is 0.741. The molecule has 0 aliphatic heterocycles. The molecule has 0 heterocycles. The van der Waals surface area contributed by atoms with Crippen LogP contribution in [0, 0.1) is 11.7 Å². The molecule has 90 valence electrons. The number of hydrogen-bond acceptors (Lipinski definition) is 2. The minimum Gasteiger partial charge on any atom is -0.396 e. The van der Waals surface area contributed by atoms with Gasteiger partial charge in [-0.3, -0.25) is 0 Å². The minimum absolute atomic E-state index is 0.203. The smallest absolute Gasteiger partial charge is 0.123 e. The first-order chi connectivity index (χ1) is 7.76. The number of benzene rings is 1. The molecule has 1 rings (SSSR count). The monoisotopic (exact) mass is 242 g/mol.